The molecule has 1 aliphatic rings. The summed E-state index contributed by atoms with van der Waals surface area (Å²) >= 11 is 7.65. The number of rotatable bonds is 3. The van der Waals surface area contributed by atoms with E-state index in [2.05, 4.69) is 11.0 Å². The smallest absolute Gasteiger partial charge is 0.109 e. The first kappa shape index (κ1) is 9.97. The van der Waals surface area contributed by atoms with Gasteiger partial charge in [0.05, 0.1) is 11.1 Å². The first-order valence-electron chi connectivity index (χ1n) is 4.52. The summed E-state index contributed by atoms with van der Waals surface area (Å²) in [6, 6.07) is 4.28. The Balaban J connectivity index is 2.06. The van der Waals surface area contributed by atoms with Crippen LogP contribution in [0.5, 0.6) is 0 Å². The Morgan fingerprint density at radius 2 is 2.43 bits per heavy atom. The lowest BCUT2D eigenvalue weighted by Crippen LogP contribution is -2.31. The van der Waals surface area contributed by atoms with Crippen molar-refractivity contribution in [3.05, 3.63) is 21.3 Å². The van der Waals surface area contributed by atoms with Gasteiger partial charge in [-0.3, -0.25) is 4.90 Å². The third-order valence-corrected chi connectivity index (χ3v) is 4.11. The zero-order valence-electron chi connectivity index (χ0n) is 7.96. The molecule has 1 aromatic rings. The second-order valence-electron chi connectivity index (χ2n) is 3.69. The maximum Gasteiger partial charge on any atom is 0.109 e. The van der Waals surface area contributed by atoms with Crippen LogP contribution in [-0.2, 0) is 6.54 Å². The van der Waals surface area contributed by atoms with E-state index in [1.807, 2.05) is 18.5 Å². The number of nitrogens with zero attached hydrogens (tertiary/aromatic N) is 2. The quantitative estimate of drug-likeness (QED) is 0.793. The molecule has 1 heterocycles. The van der Waals surface area contributed by atoms with Crippen molar-refractivity contribution in [2.24, 2.45) is 0 Å². The minimum Gasteiger partial charge on any atom is -0.283 e. The van der Waals surface area contributed by atoms with Crippen LogP contribution in [-0.4, -0.2) is 17.5 Å². The van der Waals surface area contributed by atoms with Gasteiger partial charge in [0.15, 0.2) is 0 Å². The zero-order chi connectivity index (χ0) is 10.2. The summed E-state index contributed by atoms with van der Waals surface area (Å²) < 4.78 is 0. The Morgan fingerprint density at radius 3 is 2.86 bits per heavy atom. The molecule has 0 amide bonds. The van der Waals surface area contributed by atoms with Crippen molar-refractivity contribution in [1.82, 2.24) is 4.90 Å². The van der Waals surface area contributed by atoms with Gasteiger partial charge in [-0.05, 0) is 31.3 Å². The maximum atomic E-state index is 9.00. The van der Waals surface area contributed by atoms with Crippen molar-refractivity contribution >= 4 is 22.9 Å². The molecule has 0 saturated heterocycles. The molecule has 74 valence electrons. The molecule has 4 heteroatoms. The average Bonchev–Trinajstić information content (AvgIpc) is 2.89. The third kappa shape index (κ3) is 1.66. The molecular formula is C10H11ClN2S. The molecule has 1 saturated carbocycles. The normalized spacial score (nSPS) is 18.1. The molecular weight excluding hydrogens is 216 g/mol. The third-order valence-electron chi connectivity index (χ3n) is 2.73. The van der Waals surface area contributed by atoms with Crippen LogP contribution in [0, 0.1) is 11.3 Å². The van der Waals surface area contributed by atoms with Gasteiger partial charge in [-0.25, -0.2) is 0 Å². The lowest BCUT2D eigenvalue weighted by molar-refractivity contribution is 0.264. The Morgan fingerprint density at radius 1 is 1.71 bits per heavy atom. The molecule has 0 unspecified atom stereocenters. The minimum atomic E-state index is -0.201. The molecule has 0 atom stereocenters. The molecule has 2 nitrogen and oxygen atoms in total. The summed E-state index contributed by atoms with van der Waals surface area (Å²) in [5.41, 5.74) is -0.201. The molecule has 2 rings (SSSR count). The van der Waals surface area contributed by atoms with E-state index in [0.717, 1.165) is 29.3 Å². The summed E-state index contributed by atoms with van der Waals surface area (Å²) in [6.45, 7) is 0.782. The minimum absolute atomic E-state index is 0.201. The van der Waals surface area contributed by atoms with Gasteiger partial charge in [-0.15, -0.1) is 11.3 Å². The van der Waals surface area contributed by atoms with Gasteiger partial charge >= 0.3 is 0 Å². The predicted molar refractivity (Wildman–Crippen MR) is 58.4 cm³/mol. The van der Waals surface area contributed by atoms with Crippen molar-refractivity contribution in [3.8, 4) is 6.07 Å². The Hall–Kier alpha value is -0.560. The lowest BCUT2D eigenvalue weighted by atomic mass is 10.2. The number of thiophene rings is 1. The van der Waals surface area contributed by atoms with Gasteiger partial charge < -0.3 is 0 Å². The fraction of sp³-hybridized carbons (Fsp3) is 0.500. The lowest BCUT2D eigenvalue weighted by Gasteiger charge is -2.20. The highest BCUT2D eigenvalue weighted by atomic mass is 35.5. The van der Waals surface area contributed by atoms with E-state index < -0.39 is 0 Å². The molecule has 0 bridgehead atoms. The maximum absolute atomic E-state index is 9.00. The van der Waals surface area contributed by atoms with Crippen LogP contribution in [0.3, 0.4) is 0 Å². The fourth-order valence-electron chi connectivity index (χ4n) is 1.50. The van der Waals surface area contributed by atoms with E-state index in [-0.39, 0.29) is 5.54 Å². The number of nitriles is 1. The summed E-state index contributed by atoms with van der Waals surface area (Å²) in [6.07, 6.45) is 1.98. The molecule has 1 aromatic heterocycles. The average molecular weight is 227 g/mol. The zero-order valence-corrected chi connectivity index (χ0v) is 9.53. The van der Waals surface area contributed by atoms with E-state index in [9.17, 15) is 0 Å². The van der Waals surface area contributed by atoms with E-state index in [4.69, 9.17) is 16.9 Å². The predicted octanol–water partition coefficient (Wildman–Crippen LogP) is 2.89. The molecule has 0 aromatic carbocycles. The van der Waals surface area contributed by atoms with E-state index >= 15 is 0 Å². The molecule has 0 spiro atoms. The largest absolute Gasteiger partial charge is 0.283 e. The monoisotopic (exact) mass is 226 g/mol. The van der Waals surface area contributed by atoms with Gasteiger partial charge in [0.25, 0.3) is 0 Å². The molecule has 14 heavy (non-hydrogen) atoms. The molecule has 0 radical (unpaired) electrons. The highest BCUT2D eigenvalue weighted by Gasteiger charge is 2.47. The van der Waals surface area contributed by atoms with E-state index in [1.165, 1.54) is 0 Å². The number of hydrogen-bond donors (Lipinski definition) is 0. The topological polar surface area (TPSA) is 27.0 Å². The van der Waals surface area contributed by atoms with Crippen LogP contribution in [0.4, 0.5) is 0 Å². The highest BCUT2D eigenvalue weighted by molar-refractivity contribution is 7.10. The molecule has 1 aliphatic carbocycles. The van der Waals surface area contributed by atoms with Gasteiger partial charge in [-0.1, -0.05) is 11.6 Å². The Kier molecular flexibility index (Phi) is 2.52. The fourth-order valence-corrected chi connectivity index (χ4v) is 2.65. The van der Waals surface area contributed by atoms with Crippen molar-refractivity contribution in [3.63, 3.8) is 0 Å². The van der Waals surface area contributed by atoms with Crippen molar-refractivity contribution < 1.29 is 0 Å². The van der Waals surface area contributed by atoms with Gasteiger partial charge in [0, 0.05) is 11.4 Å². The summed E-state index contributed by atoms with van der Waals surface area (Å²) in [5, 5.41) is 11.8. The summed E-state index contributed by atoms with van der Waals surface area (Å²) in [5.74, 6) is 0. The van der Waals surface area contributed by atoms with Crippen LogP contribution < -0.4 is 0 Å². The van der Waals surface area contributed by atoms with E-state index in [1.54, 1.807) is 11.3 Å². The first-order valence-corrected chi connectivity index (χ1v) is 5.78. The molecule has 0 aliphatic heterocycles. The van der Waals surface area contributed by atoms with Crippen LogP contribution in [0.1, 0.15) is 17.7 Å². The van der Waals surface area contributed by atoms with E-state index in [0.29, 0.717) is 0 Å². The second-order valence-corrected chi connectivity index (χ2v) is 5.10. The first-order chi connectivity index (χ1) is 6.68. The van der Waals surface area contributed by atoms with Crippen molar-refractivity contribution in [2.45, 2.75) is 24.9 Å². The van der Waals surface area contributed by atoms with Gasteiger partial charge in [0.2, 0.25) is 0 Å². The molecule has 0 N–H and O–H groups in total. The Labute approximate surface area is 92.7 Å². The summed E-state index contributed by atoms with van der Waals surface area (Å²) in [4.78, 5) is 3.25. The summed E-state index contributed by atoms with van der Waals surface area (Å²) in [7, 11) is 1.99. The van der Waals surface area contributed by atoms with Gasteiger partial charge in [-0.2, -0.15) is 5.26 Å². The van der Waals surface area contributed by atoms with Crippen molar-refractivity contribution in [1.29, 1.82) is 5.26 Å². The molecule has 1 fully saturated rings. The van der Waals surface area contributed by atoms with Crippen LogP contribution in [0.25, 0.3) is 0 Å². The number of halogens is 1. The van der Waals surface area contributed by atoms with Crippen LogP contribution in [0.15, 0.2) is 11.4 Å². The standard InChI is InChI=1S/C10H11ClN2S/c1-13(10(7-12)3-4-10)6-9-8(11)2-5-14-9/h2,5H,3-4,6H2,1H3. The van der Waals surface area contributed by atoms with Crippen LogP contribution >= 0.6 is 22.9 Å². The SMILES string of the molecule is CN(Cc1sccc1Cl)C1(C#N)CC1. The van der Waals surface area contributed by atoms with Gasteiger partial charge in [0.1, 0.15) is 5.54 Å². The number of hydrogen-bond acceptors (Lipinski definition) is 3. The Bertz CT molecular complexity index is 376. The van der Waals surface area contributed by atoms with Crippen molar-refractivity contribution in [2.75, 3.05) is 7.05 Å². The van der Waals surface area contributed by atoms with Crippen LogP contribution in [0.2, 0.25) is 5.02 Å². The second kappa shape index (κ2) is 3.54. The highest BCUT2D eigenvalue weighted by Crippen LogP contribution is 2.41.